The van der Waals surface area contributed by atoms with E-state index in [0.717, 1.165) is 49.4 Å². The monoisotopic (exact) mass is 450 g/mol. The number of nitrogens with zero attached hydrogens (tertiary/aromatic N) is 5. The maximum atomic E-state index is 14.6. The minimum atomic E-state index is -0.321. The largest absolute Gasteiger partial charge is 0.454 e. The Morgan fingerprint density at radius 3 is 2.76 bits per heavy atom. The highest BCUT2D eigenvalue weighted by molar-refractivity contribution is 5.94. The predicted octanol–water partition coefficient (Wildman–Crippen LogP) is 2.19. The van der Waals surface area contributed by atoms with Crippen LogP contribution in [0.25, 0.3) is 16.6 Å². The molecular formula is C23H23FN6O3. The minimum Gasteiger partial charge on any atom is -0.454 e. The predicted molar refractivity (Wildman–Crippen MR) is 119 cm³/mol. The van der Waals surface area contributed by atoms with Gasteiger partial charge in [0, 0.05) is 37.5 Å². The Bertz CT molecular complexity index is 1350. The van der Waals surface area contributed by atoms with Crippen LogP contribution in [0.4, 0.5) is 10.3 Å². The van der Waals surface area contributed by atoms with Crippen LogP contribution in [0.3, 0.4) is 0 Å². The molecule has 2 aromatic heterocycles. The van der Waals surface area contributed by atoms with E-state index in [1.54, 1.807) is 10.6 Å². The van der Waals surface area contributed by atoms with Crippen molar-refractivity contribution < 1.29 is 18.6 Å². The Balaban J connectivity index is 1.41. The molecule has 4 aromatic rings. The molecule has 0 atom stereocenters. The molecule has 9 nitrogen and oxygen atoms in total. The number of ether oxygens (including phenoxy) is 3. The first-order valence-corrected chi connectivity index (χ1v) is 11.0. The molecule has 0 unspecified atom stereocenters. The molecule has 0 saturated carbocycles. The lowest BCUT2D eigenvalue weighted by molar-refractivity contribution is 0.0385. The molecule has 0 bridgehead atoms. The van der Waals surface area contributed by atoms with Crippen LogP contribution in [0.15, 0.2) is 30.3 Å². The lowest BCUT2D eigenvalue weighted by Gasteiger charge is -2.26. The molecule has 10 heteroatoms. The SMILES string of the molecule is Nc1nc2c3c(CCN4CCOCC4)cc(F)cc3nc(Cc3ccc4c(c3)OCO4)n2n1. The number of rotatable bonds is 5. The van der Waals surface area contributed by atoms with Crippen molar-refractivity contribution in [1.29, 1.82) is 0 Å². The Labute approximate surface area is 188 Å². The first-order valence-electron chi connectivity index (χ1n) is 11.0. The minimum absolute atomic E-state index is 0.152. The number of hydrogen-bond acceptors (Lipinski definition) is 8. The van der Waals surface area contributed by atoms with Crippen LogP contribution in [0, 0.1) is 5.82 Å². The summed E-state index contributed by atoms with van der Waals surface area (Å²) in [5.41, 5.74) is 8.92. The van der Waals surface area contributed by atoms with E-state index < -0.39 is 0 Å². The smallest absolute Gasteiger partial charge is 0.240 e. The van der Waals surface area contributed by atoms with Gasteiger partial charge in [0.2, 0.25) is 12.7 Å². The van der Waals surface area contributed by atoms with Gasteiger partial charge in [-0.2, -0.15) is 9.50 Å². The third-order valence-electron chi connectivity index (χ3n) is 6.11. The second-order valence-corrected chi connectivity index (χ2v) is 8.26. The number of aromatic nitrogens is 4. The van der Waals surface area contributed by atoms with Crippen LogP contribution in [-0.2, 0) is 17.6 Å². The standard InChI is InChI=1S/C23H23FN6O3/c24-16-11-15(3-4-29-5-7-31-8-6-29)21-17(12-16)26-20(30-22(21)27-23(25)28-30)10-14-1-2-18-19(9-14)33-13-32-18/h1-2,9,11-12H,3-8,10,13H2,(H2,25,28). The summed E-state index contributed by atoms with van der Waals surface area (Å²) in [5.74, 6) is 1.86. The summed E-state index contributed by atoms with van der Waals surface area (Å²) >= 11 is 0. The van der Waals surface area contributed by atoms with Gasteiger partial charge in [0.15, 0.2) is 17.1 Å². The summed E-state index contributed by atoms with van der Waals surface area (Å²) in [6.45, 7) is 4.20. The summed E-state index contributed by atoms with van der Waals surface area (Å²) in [4.78, 5) is 11.6. The van der Waals surface area contributed by atoms with Crippen LogP contribution < -0.4 is 15.2 Å². The van der Waals surface area contributed by atoms with Crippen LogP contribution in [0.2, 0.25) is 0 Å². The Kier molecular flexibility index (Phi) is 4.96. The van der Waals surface area contributed by atoms with E-state index in [9.17, 15) is 4.39 Å². The van der Waals surface area contributed by atoms with Gasteiger partial charge < -0.3 is 19.9 Å². The Hall–Kier alpha value is -3.50. The van der Waals surface area contributed by atoms with Gasteiger partial charge in [-0.25, -0.2) is 9.37 Å². The lowest BCUT2D eigenvalue weighted by atomic mass is 10.0. The maximum Gasteiger partial charge on any atom is 0.240 e. The maximum absolute atomic E-state index is 14.6. The fraction of sp³-hybridized carbons (Fsp3) is 0.348. The zero-order valence-corrected chi connectivity index (χ0v) is 18.0. The van der Waals surface area contributed by atoms with Crippen LogP contribution in [-0.4, -0.2) is 64.1 Å². The summed E-state index contributed by atoms with van der Waals surface area (Å²) in [7, 11) is 0. The number of fused-ring (bicyclic) bond motifs is 4. The molecule has 2 aliphatic heterocycles. The Morgan fingerprint density at radius 2 is 1.88 bits per heavy atom. The summed E-state index contributed by atoms with van der Waals surface area (Å²) in [6.07, 6.45) is 1.12. The van der Waals surface area contributed by atoms with E-state index in [-0.39, 0.29) is 18.6 Å². The second kappa shape index (κ2) is 8.13. The fourth-order valence-corrected chi connectivity index (χ4v) is 4.50. The highest BCUT2D eigenvalue weighted by Gasteiger charge is 2.19. The van der Waals surface area contributed by atoms with Gasteiger partial charge in [-0.1, -0.05) is 6.07 Å². The number of morpholine rings is 1. The number of hydrogen-bond donors (Lipinski definition) is 1. The van der Waals surface area contributed by atoms with Crippen molar-refractivity contribution in [2.75, 3.05) is 45.4 Å². The van der Waals surface area contributed by atoms with Crippen LogP contribution in [0.1, 0.15) is 17.0 Å². The number of anilines is 1. The van der Waals surface area contributed by atoms with Gasteiger partial charge in [-0.15, -0.1) is 5.10 Å². The molecule has 33 heavy (non-hydrogen) atoms. The second-order valence-electron chi connectivity index (χ2n) is 8.26. The molecular weight excluding hydrogens is 427 g/mol. The molecule has 2 aromatic carbocycles. The number of nitrogen functional groups attached to an aromatic ring is 1. The van der Waals surface area contributed by atoms with Gasteiger partial charge in [0.05, 0.1) is 18.7 Å². The molecule has 0 aliphatic carbocycles. The van der Waals surface area contributed by atoms with Crippen molar-refractivity contribution in [1.82, 2.24) is 24.5 Å². The molecule has 2 aliphatic rings. The zero-order valence-electron chi connectivity index (χ0n) is 18.0. The van der Waals surface area contributed by atoms with Gasteiger partial charge in [0.25, 0.3) is 0 Å². The molecule has 170 valence electrons. The molecule has 0 amide bonds. The Morgan fingerprint density at radius 1 is 1.03 bits per heavy atom. The summed E-state index contributed by atoms with van der Waals surface area (Å²) < 4.78 is 32.6. The lowest BCUT2D eigenvalue weighted by Crippen LogP contribution is -2.37. The number of halogens is 1. The first-order chi connectivity index (χ1) is 16.1. The van der Waals surface area contributed by atoms with Gasteiger partial charge in [0.1, 0.15) is 11.6 Å². The van der Waals surface area contributed by atoms with E-state index in [1.807, 2.05) is 18.2 Å². The highest BCUT2D eigenvalue weighted by Crippen LogP contribution is 2.33. The van der Waals surface area contributed by atoms with Gasteiger partial charge >= 0.3 is 0 Å². The van der Waals surface area contributed by atoms with E-state index in [0.29, 0.717) is 41.3 Å². The molecule has 6 rings (SSSR count). The van der Waals surface area contributed by atoms with Crippen molar-refractivity contribution in [3.05, 3.63) is 53.1 Å². The molecule has 0 spiro atoms. The summed E-state index contributed by atoms with van der Waals surface area (Å²) in [5, 5.41) is 5.17. The van der Waals surface area contributed by atoms with Crippen molar-refractivity contribution in [3.63, 3.8) is 0 Å². The normalized spacial score (nSPS) is 16.2. The van der Waals surface area contributed by atoms with Gasteiger partial charge in [-0.05, 0) is 35.7 Å². The van der Waals surface area contributed by atoms with Crippen LogP contribution in [0.5, 0.6) is 11.5 Å². The number of benzene rings is 2. The van der Waals surface area contributed by atoms with Gasteiger partial charge in [-0.3, -0.25) is 4.90 Å². The summed E-state index contributed by atoms with van der Waals surface area (Å²) in [6, 6.07) is 8.74. The number of nitrogens with two attached hydrogens (primary N) is 1. The van der Waals surface area contributed by atoms with Crippen molar-refractivity contribution in [2.24, 2.45) is 0 Å². The van der Waals surface area contributed by atoms with Crippen molar-refractivity contribution in [3.8, 4) is 11.5 Å². The van der Waals surface area contributed by atoms with E-state index in [1.165, 1.54) is 6.07 Å². The van der Waals surface area contributed by atoms with E-state index >= 15 is 0 Å². The zero-order chi connectivity index (χ0) is 22.4. The fourth-order valence-electron chi connectivity index (χ4n) is 4.50. The van der Waals surface area contributed by atoms with E-state index in [2.05, 4.69) is 15.0 Å². The van der Waals surface area contributed by atoms with Crippen molar-refractivity contribution in [2.45, 2.75) is 12.8 Å². The topological polar surface area (TPSA) is 100 Å². The van der Waals surface area contributed by atoms with Crippen LogP contribution >= 0.6 is 0 Å². The highest BCUT2D eigenvalue weighted by atomic mass is 19.1. The third kappa shape index (κ3) is 3.81. The molecule has 1 saturated heterocycles. The van der Waals surface area contributed by atoms with Crippen molar-refractivity contribution >= 4 is 22.5 Å². The van der Waals surface area contributed by atoms with E-state index in [4.69, 9.17) is 24.9 Å². The molecule has 4 heterocycles. The quantitative estimate of drug-likeness (QED) is 0.494. The third-order valence-corrected chi connectivity index (χ3v) is 6.11. The average Bonchev–Trinajstić information content (AvgIpc) is 3.44. The average molecular weight is 450 g/mol. The molecule has 0 radical (unpaired) electrons. The first kappa shape index (κ1) is 20.1. The molecule has 2 N–H and O–H groups in total. The molecule has 1 fully saturated rings.